The maximum absolute atomic E-state index is 13.0. The zero-order valence-corrected chi connectivity index (χ0v) is 34.8. The molecule has 0 aromatic heterocycles. The molecule has 186 valence electrons. The first kappa shape index (κ1) is 35.9. The molecule has 1 heterocycles. The van der Waals surface area contributed by atoms with Gasteiger partial charge in [0.15, 0.2) is 0 Å². The molecule has 3 aromatic rings. The van der Waals surface area contributed by atoms with Gasteiger partial charge in [0.05, 0.1) is 16.8 Å². The Kier molecular flexibility index (Phi) is 14.4. The molecule has 0 saturated heterocycles. The maximum Gasteiger partial charge on any atom is 1.00 e. The van der Waals surface area contributed by atoms with Crippen LogP contribution in [-0.2, 0) is 20.7 Å². The van der Waals surface area contributed by atoms with Gasteiger partial charge >= 0.3 is 148 Å². The number of anilines is 1. The molecule has 1 N–H and O–H groups in total. The molecule has 0 saturated carbocycles. The van der Waals surface area contributed by atoms with E-state index in [2.05, 4.69) is 11.4 Å². The Morgan fingerprint density at radius 3 is 2.03 bits per heavy atom. The number of aryl methyl sites for hydroxylation is 1. The summed E-state index contributed by atoms with van der Waals surface area (Å²) in [5.74, 6) is -1.83. The van der Waals surface area contributed by atoms with Gasteiger partial charge in [0.1, 0.15) is 10.1 Å². The minimum atomic E-state index is -4.94. The Bertz CT molecular complexity index is 1620. The minimum absolute atomic E-state index is 0. The van der Waals surface area contributed by atoms with Crippen LogP contribution >= 0.6 is 0 Å². The molecule has 0 unspecified atom stereocenters. The molecular formula is C23H16Cs2N2O9S2. The zero-order chi connectivity index (χ0) is 26.8. The van der Waals surface area contributed by atoms with Crippen molar-refractivity contribution in [2.24, 2.45) is 0 Å². The second-order valence-corrected chi connectivity index (χ2v) is 9.16. The van der Waals surface area contributed by atoms with Crippen LogP contribution in [0.25, 0.3) is 11.1 Å². The average Bonchev–Trinajstić information content (AvgIpc) is 3.07. The van der Waals surface area contributed by atoms with Crippen LogP contribution in [0.5, 0.6) is 0 Å². The van der Waals surface area contributed by atoms with Crippen LogP contribution in [0, 0.1) is 13.0 Å². The van der Waals surface area contributed by atoms with Crippen LogP contribution in [0.3, 0.4) is 0 Å². The van der Waals surface area contributed by atoms with Crippen molar-refractivity contribution in [2.75, 3.05) is 11.9 Å². The molecule has 3 amide bonds. The summed E-state index contributed by atoms with van der Waals surface area (Å²) >= 11 is 0. The van der Waals surface area contributed by atoms with E-state index in [1.54, 1.807) is 18.2 Å². The molecule has 3 aromatic carbocycles. The molecule has 1 aliphatic rings. The average molecular weight is 794 g/mol. The van der Waals surface area contributed by atoms with Gasteiger partial charge in [0, 0.05) is 17.5 Å². The number of amides is 3. The van der Waals surface area contributed by atoms with Gasteiger partial charge in [0.25, 0.3) is 17.7 Å². The normalized spacial score (nSPS) is 11.8. The van der Waals surface area contributed by atoms with Crippen LogP contribution in [-0.4, -0.2) is 50.4 Å². The van der Waals surface area contributed by atoms with Gasteiger partial charge in [-0.3, -0.25) is 14.4 Å². The molecular weight excluding hydrogens is 778 g/mol. The summed E-state index contributed by atoms with van der Waals surface area (Å²) < 4.78 is 61.3. The third-order valence-corrected chi connectivity index (χ3v) is 6.00. The van der Waals surface area contributed by atoms with E-state index >= 15 is 0 Å². The van der Waals surface area contributed by atoms with Crippen molar-refractivity contribution in [1.82, 2.24) is 5.32 Å². The largest absolute Gasteiger partial charge is 1.00 e. The molecule has 0 atom stereocenters. The number of carbonyl (C=O) groups excluding carboxylic acids is 3. The topological polar surface area (TPSA) is 175 Å². The van der Waals surface area contributed by atoms with E-state index < -0.39 is 43.3 Å². The number of hydrogen-bond acceptors (Lipinski definition) is 9. The van der Waals surface area contributed by atoms with Crippen molar-refractivity contribution in [3.8, 4) is 11.1 Å². The third kappa shape index (κ3) is 8.46. The van der Waals surface area contributed by atoms with E-state index in [0.717, 1.165) is 16.5 Å². The molecule has 1 aliphatic heterocycles. The molecule has 0 fully saturated rings. The number of benzene rings is 3. The summed E-state index contributed by atoms with van der Waals surface area (Å²) in [4.78, 5) is 37.9. The van der Waals surface area contributed by atoms with Crippen molar-refractivity contribution in [3.05, 3.63) is 82.9 Å². The molecule has 0 radical (unpaired) electrons. The second kappa shape index (κ2) is 15.2. The van der Waals surface area contributed by atoms with E-state index in [-0.39, 0.29) is 166 Å². The number of nitrogens with zero attached hydrogens (tertiary/aromatic N) is 1. The molecule has 38 heavy (non-hydrogen) atoms. The maximum atomic E-state index is 13.0. The summed E-state index contributed by atoms with van der Waals surface area (Å²) in [7, 11) is -6.61. The first-order valence-corrected chi connectivity index (χ1v) is 12.4. The number of imide groups is 1. The van der Waals surface area contributed by atoms with Gasteiger partial charge in [0.2, 0.25) is 0 Å². The van der Waals surface area contributed by atoms with Crippen LogP contribution in [0.2, 0.25) is 0 Å². The van der Waals surface area contributed by atoms with Crippen molar-refractivity contribution in [1.29, 1.82) is 0 Å². The van der Waals surface area contributed by atoms with Crippen LogP contribution in [0.15, 0.2) is 59.5 Å². The Morgan fingerprint density at radius 1 is 0.921 bits per heavy atom. The quantitative estimate of drug-likeness (QED) is 0.155. The Balaban J connectivity index is 0.00000113. The van der Waals surface area contributed by atoms with Gasteiger partial charge in [-0.2, -0.15) is 0 Å². The van der Waals surface area contributed by atoms with Gasteiger partial charge in [-0.1, -0.05) is 18.6 Å². The fourth-order valence-corrected chi connectivity index (χ4v) is 4.22. The van der Waals surface area contributed by atoms with E-state index in [0.29, 0.717) is 5.56 Å². The Morgan fingerprint density at radius 2 is 1.50 bits per heavy atom. The van der Waals surface area contributed by atoms with E-state index in [9.17, 15) is 27.4 Å². The molecule has 15 heteroatoms. The van der Waals surface area contributed by atoms with Crippen LogP contribution < -0.4 is 148 Å². The van der Waals surface area contributed by atoms with Gasteiger partial charge in [-0.15, -0.1) is 48.0 Å². The Labute approximate surface area is 337 Å². The van der Waals surface area contributed by atoms with Gasteiger partial charge < -0.3 is 9.87 Å². The van der Waals surface area contributed by atoms with Crippen molar-refractivity contribution < 1.29 is 178 Å². The first-order valence-electron chi connectivity index (χ1n) is 9.95. The standard InChI is InChI=1S/C23H17N2O6S.2Cs.O3S/c1-13-3-5-14(6-4-13)17-10-8-16(12-20(17)32(29,30)31)25-22(27)18-9-7-15(21(26)24-2)11-19(18)23(25)28;;;1-4(2)3/h3-5,7-12H,1-2H3,(H,24,26)(H,29,30,31);;;/q-1;2*+1;/p-1. The van der Waals surface area contributed by atoms with E-state index in [1.807, 2.05) is 6.92 Å². The first-order chi connectivity index (χ1) is 16.8. The molecule has 0 bridgehead atoms. The summed E-state index contributed by atoms with van der Waals surface area (Å²) in [6.07, 6.45) is 0. The van der Waals surface area contributed by atoms with Crippen molar-refractivity contribution in [3.63, 3.8) is 0 Å². The molecule has 0 spiro atoms. The number of fused-ring (bicyclic) bond motifs is 1. The van der Waals surface area contributed by atoms with E-state index in [4.69, 9.17) is 12.6 Å². The smallest absolute Gasteiger partial charge is 0.745 e. The molecule has 11 nitrogen and oxygen atoms in total. The Hall–Kier alpha value is -0.0961. The number of rotatable bonds is 4. The second-order valence-electron chi connectivity index (χ2n) is 7.40. The minimum Gasteiger partial charge on any atom is -0.745 e. The van der Waals surface area contributed by atoms with Crippen molar-refractivity contribution >= 4 is 44.1 Å². The SMILES string of the molecule is CNC(=O)c1ccc2c(c1)C(=O)N(c1ccc(-c3[c-]cc(C)cc3)c(S(=O)(=O)[O-])c1)C2=O.O=S(=O)=O.[Cs+].[Cs+]. The monoisotopic (exact) mass is 794 g/mol. The number of carbonyl (C=O) groups is 3. The fourth-order valence-electron chi connectivity index (χ4n) is 3.51. The summed E-state index contributed by atoms with van der Waals surface area (Å²) in [6.45, 7) is 1.84. The number of nitrogens with one attached hydrogen (secondary N) is 1. The molecule has 0 aliphatic carbocycles. The van der Waals surface area contributed by atoms with Crippen molar-refractivity contribution in [2.45, 2.75) is 11.8 Å². The fraction of sp³-hybridized carbons (Fsp3) is 0.0870. The molecule has 4 rings (SSSR count). The zero-order valence-electron chi connectivity index (χ0n) is 20.6. The number of hydrogen-bond donors (Lipinski definition) is 1. The van der Waals surface area contributed by atoms with Gasteiger partial charge in [-0.05, 0) is 30.3 Å². The van der Waals surface area contributed by atoms with E-state index in [1.165, 1.54) is 37.4 Å². The predicted octanol–water partition coefficient (Wildman–Crippen LogP) is -4.47. The van der Waals surface area contributed by atoms with Gasteiger partial charge in [-0.25, -0.2) is 13.3 Å². The summed E-state index contributed by atoms with van der Waals surface area (Å²) in [5, 5.41) is 2.44. The predicted molar refractivity (Wildman–Crippen MR) is 124 cm³/mol. The summed E-state index contributed by atoms with van der Waals surface area (Å²) in [5.41, 5.74) is 1.62. The van der Waals surface area contributed by atoms with Crippen LogP contribution in [0.4, 0.5) is 5.69 Å². The third-order valence-electron chi connectivity index (χ3n) is 5.13. The summed E-state index contributed by atoms with van der Waals surface area (Å²) in [6, 6.07) is 15.8. The van der Waals surface area contributed by atoms with Crippen LogP contribution in [0.1, 0.15) is 36.6 Å².